The van der Waals surface area contributed by atoms with Crippen LogP contribution in [0.15, 0.2) is 103 Å². The summed E-state index contributed by atoms with van der Waals surface area (Å²) in [5.41, 5.74) is 8.53. The Morgan fingerprint density at radius 3 is 2.39 bits per heavy atom. The van der Waals surface area contributed by atoms with Crippen molar-refractivity contribution in [2.75, 3.05) is 31.7 Å². The smallest absolute Gasteiger partial charge is 0.252 e. The molecule has 8 heteroatoms. The van der Waals surface area contributed by atoms with Gasteiger partial charge in [-0.25, -0.2) is 8.42 Å². The van der Waals surface area contributed by atoms with Crippen LogP contribution in [0.25, 0.3) is 6.08 Å². The molecule has 0 radical (unpaired) electrons. The first-order chi connectivity index (χ1) is 17.2. The van der Waals surface area contributed by atoms with Crippen LogP contribution < -0.4 is 11.1 Å². The second-order valence-corrected chi connectivity index (χ2v) is 11.2. The average Bonchev–Trinajstić information content (AvgIpc) is 3.35. The maximum atomic E-state index is 13.8. The number of hydrogen-bond acceptors (Lipinski definition) is 5. The fourth-order valence-electron chi connectivity index (χ4n) is 4.20. The van der Waals surface area contributed by atoms with Crippen molar-refractivity contribution >= 4 is 33.4 Å². The van der Waals surface area contributed by atoms with Gasteiger partial charge < -0.3 is 16.0 Å². The predicted octanol–water partition coefficient (Wildman–Crippen LogP) is 4.11. The summed E-state index contributed by atoms with van der Waals surface area (Å²) in [5.74, 6) is -0.352. The third kappa shape index (κ3) is 5.35. The van der Waals surface area contributed by atoms with Gasteiger partial charge in [0.2, 0.25) is 5.91 Å². The Labute approximate surface area is 212 Å². The maximum Gasteiger partial charge on any atom is 0.252 e. The van der Waals surface area contributed by atoms with Crippen molar-refractivity contribution in [1.82, 2.24) is 8.87 Å². The minimum atomic E-state index is -3.85. The molecule has 3 aromatic rings. The SMILES string of the molecule is CN(C)CC1(S(=O)(=O)n2ccc(/C=C/C(=O)Nc3ccccc3N)c2)C=CC(c2ccccc2)C=C1. The number of benzene rings is 2. The molecule has 0 aliphatic heterocycles. The Bertz CT molecular complexity index is 1410. The molecule has 0 fully saturated rings. The van der Waals surface area contributed by atoms with E-state index >= 15 is 0 Å². The van der Waals surface area contributed by atoms with E-state index in [1.54, 1.807) is 48.6 Å². The molecule has 0 saturated heterocycles. The van der Waals surface area contributed by atoms with Crippen LogP contribution in [0.3, 0.4) is 0 Å². The van der Waals surface area contributed by atoms with E-state index in [1.165, 1.54) is 22.4 Å². The normalized spacial score (nSPS) is 19.7. The fourth-order valence-corrected chi connectivity index (χ4v) is 5.99. The van der Waals surface area contributed by atoms with Crippen molar-refractivity contribution < 1.29 is 13.2 Å². The molecule has 186 valence electrons. The zero-order valence-electron chi connectivity index (χ0n) is 20.3. The molecular formula is C28H30N4O3S. The van der Waals surface area contributed by atoms with Gasteiger partial charge in [-0.05, 0) is 49.5 Å². The third-order valence-corrected chi connectivity index (χ3v) is 8.16. The highest BCUT2D eigenvalue weighted by atomic mass is 32.2. The number of nitrogen functional groups attached to an aromatic ring is 1. The molecular weight excluding hydrogens is 472 g/mol. The van der Waals surface area contributed by atoms with Gasteiger partial charge >= 0.3 is 0 Å². The zero-order chi connectivity index (χ0) is 25.8. The standard InChI is InChI=1S/C28H30N4O3S/c1-31(2)21-28(17-14-24(15-18-28)23-8-4-3-5-9-23)36(34,35)32-19-16-22(20-32)12-13-27(33)30-26-11-7-6-10-25(26)29/h3-20,24H,21,29H2,1-2H3,(H,30,33)/b13-12+. The number of amides is 1. The number of anilines is 2. The quantitative estimate of drug-likeness (QED) is 0.275. The van der Waals surface area contributed by atoms with E-state index in [2.05, 4.69) is 5.32 Å². The molecule has 0 unspecified atom stereocenters. The molecule has 0 saturated carbocycles. The molecule has 2 aromatic carbocycles. The first-order valence-electron chi connectivity index (χ1n) is 11.6. The Morgan fingerprint density at radius 1 is 1.06 bits per heavy atom. The summed E-state index contributed by atoms with van der Waals surface area (Å²) >= 11 is 0. The average molecular weight is 503 g/mol. The number of nitrogens with zero attached hydrogens (tertiary/aromatic N) is 2. The molecule has 1 amide bonds. The summed E-state index contributed by atoms with van der Waals surface area (Å²) in [6, 6.07) is 18.6. The van der Waals surface area contributed by atoms with Gasteiger partial charge in [0.05, 0.1) is 11.4 Å². The number of aromatic nitrogens is 1. The van der Waals surface area contributed by atoms with Crippen molar-refractivity contribution in [2.45, 2.75) is 10.7 Å². The van der Waals surface area contributed by atoms with Crippen LogP contribution in [0.1, 0.15) is 17.0 Å². The van der Waals surface area contributed by atoms with Crippen LogP contribution >= 0.6 is 0 Å². The number of rotatable bonds is 8. The molecule has 1 aliphatic rings. The molecule has 1 aromatic heterocycles. The topological polar surface area (TPSA) is 97.4 Å². The lowest BCUT2D eigenvalue weighted by Crippen LogP contribution is -2.47. The van der Waals surface area contributed by atoms with Crippen molar-refractivity contribution in [2.24, 2.45) is 0 Å². The largest absolute Gasteiger partial charge is 0.397 e. The summed E-state index contributed by atoms with van der Waals surface area (Å²) in [7, 11) is -0.143. The molecule has 0 spiro atoms. The molecule has 3 N–H and O–H groups in total. The number of nitrogens with two attached hydrogens (primary N) is 1. The van der Waals surface area contributed by atoms with Gasteiger partial charge in [-0.2, -0.15) is 0 Å². The van der Waals surface area contributed by atoms with Crippen molar-refractivity contribution in [3.05, 3.63) is 115 Å². The Kier molecular flexibility index (Phi) is 7.28. The molecule has 1 heterocycles. The van der Waals surface area contributed by atoms with Crippen LogP contribution in [0.5, 0.6) is 0 Å². The van der Waals surface area contributed by atoms with Crippen molar-refractivity contribution in [3.8, 4) is 0 Å². The van der Waals surface area contributed by atoms with E-state index in [0.717, 1.165) is 5.56 Å². The molecule has 0 bridgehead atoms. The second-order valence-electron chi connectivity index (χ2n) is 9.04. The maximum absolute atomic E-state index is 13.8. The highest BCUT2D eigenvalue weighted by molar-refractivity contribution is 7.91. The summed E-state index contributed by atoms with van der Waals surface area (Å²) in [4.78, 5) is 14.2. The summed E-state index contributed by atoms with van der Waals surface area (Å²) in [6.07, 6.45) is 13.4. The number of hydrogen-bond donors (Lipinski definition) is 2. The summed E-state index contributed by atoms with van der Waals surface area (Å²) < 4.78 is 27.7. The van der Waals surface area contributed by atoms with E-state index in [-0.39, 0.29) is 18.4 Å². The minimum absolute atomic E-state index is 0.0111. The van der Waals surface area contributed by atoms with E-state index in [0.29, 0.717) is 16.9 Å². The monoisotopic (exact) mass is 502 g/mol. The van der Waals surface area contributed by atoms with Crippen LogP contribution in [0, 0.1) is 0 Å². The number of carbonyl (C=O) groups is 1. The van der Waals surface area contributed by atoms with Gasteiger partial charge in [0.15, 0.2) is 0 Å². The first-order valence-corrected chi connectivity index (χ1v) is 13.0. The van der Waals surface area contributed by atoms with Crippen LogP contribution in [0.4, 0.5) is 11.4 Å². The molecule has 4 rings (SSSR count). The number of allylic oxidation sites excluding steroid dienone is 2. The van der Waals surface area contributed by atoms with Crippen molar-refractivity contribution in [1.29, 1.82) is 0 Å². The van der Waals surface area contributed by atoms with Gasteiger partial charge in [0.25, 0.3) is 10.0 Å². The third-order valence-electron chi connectivity index (χ3n) is 6.01. The van der Waals surface area contributed by atoms with E-state index in [1.807, 2.05) is 61.5 Å². The van der Waals surface area contributed by atoms with Gasteiger partial charge in [0.1, 0.15) is 4.75 Å². The highest BCUT2D eigenvalue weighted by Gasteiger charge is 2.42. The lowest BCUT2D eigenvalue weighted by Gasteiger charge is -2.33. The lowest BCUT2D eigenvalue weighted by molar-refractivity contribution is -0.111. The van der Waals surface area contributed by atoms with Gasteiger partial charge in [-0.15, -0.1) is 0 Å². The number of nitrogens with one attached hydrogen (secondary N) is 1. The molecule has 0 atom stereocenters. The first kappa shape index (κ1) is 25.2. The van der Waals surface area contributed by atoms with E-state index < -0.39 is 14.8 Å². The summed E-state index contributed by atoms with van der Waals surface area (Å²) in [6.45, 7) is 0.286. The number of carbonyl (C=O) groups excluding carboxylic acids is 1. The van der Waals surface area contributed by atoms with Gasteiger partial charge in [-0.3, -0.25) is 8.77 Å². The van der Waals surface area contributed by atoms with E-state index in [4.69, 9.17) is 5.73 Å². The van der Waals surface area contributed by atoms with Crippen molar-refractivity contribution in [3.63, 3.8) is 0 Å². The van der Waals surface area contributed by atoms with Gasteiger partial charge in [-0.1, -0.05) is 66.8 Å². The van der Waals surface area contributed by atoms with Gasteiger partial charge in [0, 0.05) is 30.9 Å². The highest BCUT2D eigenvalue weighted by Crippen LogP contribution is 2.33. The fraction of sp³-hybridized carbons (Fsp3) is 0.179. The van der Waals surface area contributed by atoms with Crippen LogP contribution in [0.2, 0.25) is 0 Å². The molecule has 7 nitrogen and oxygen atoms in total. The van der Waals surface area contributed by atoms with Crippen LogP contribution in [-0.2, 0) is 14.8 Å². The second kappa shape index (κ2) is 10.4. The van der Waals surface area contributed by atoms with E-state index in [9.17, 15) is 13.2 Å². The Hall–Kier alpha value is -3.88. The predicted molar refractivity (Wildman–Crippen MR) is 146 cm³/mol. The number of para-hydroxylation sites is 2. The summed E-state index contributed by atoms with van der Waals surface area (Å²) in [5, 5.41) is 2.71. The minimum Gasteiger partial charge on any atom is -0.397 e. The van der Waals surface area contributed by atoms with Crippen LogP contribution in [-0.4, -0.2) is 48.6 Å². The Balaban J connectivity index is 1.55. The molecule has 1 aliphatic carbocycles. The zero-order valence-corrected chi connectivity index (χ0v) is 21.1. The molecule has 36 heavy (non-hydrogen) atoms. The Morgan fingerprint density at radius 2 is 1.72 bits per heavy atom. The lowest BCUT2D eigenvalue weighted by atomic mass is 9.90.